The summed E-state index contributed by atoms with van der Waals surface area (Å²) in [5.74, 6) is 0.611. The van der Waals surface area contributed by atoms with Gasteiger partial charge in [-0.05, 0) is 56.5 Å². The Morgan fingerprint density at radius 1 is 1.18 bits per heavy atom. The molecule has 0 aromatic heterocycles. The van der Waals surface area contributed by atoms with Gasteiger partial charge in [-0.15, -0.1) is 12.4 Å². The Kier molecular flexibility index (Phi) is 6.63. The molecule has 1 N–H and O–H groups in total. The number of piperidine rings is 1. The highest BCUT2D eigenvalue weighted by Gasteiger charge is 2.28. The van der Waals surface area contributed by atoms with E-state index in [2.05, 4.69) is 17.1 Å². The summed E-state index contributed by atoms with van der Waals surface area (Å²) in [4.78, 5) is 2.53. The number of ether oxygens (including phenoxy) is 1. The van der Waals surface area contributed by atoms with Crippen molar-refractivity contribution in [3.63, 3.8) is 0 Å². The molecule has 2 fully saturated rings. The fourth-order valence-electron chi connectivity index (χ4n) is 3.48. The standard InChI is InChI=1S/C17H25FN2O.ClH/c1-13-10-20(11-14-6-8-19-9-7-14)12-17(21-13)15-2-4-16(18)5-3-15;/h2-5,13-14,17,19H,6-12H2,1H3;1H. The minimum absolute atomic E-state index is 0. The fraction of sp³-hybridized carbons (Fsp3) is 0.647. The van der Waals surface area contributed by atoms with E-state index in [1.54, 1.807) is 0 Å². The number of halogens is 2. The lowest BCUT2D eigenvalue weighted by molar-refractivity contribution is -0.0829. The van der Waals surface area contributed by atoms with Gasteiger partial charge in [-0.25, -0.2) is 4.39 Å². The highest BCUT2D eigenvalue weighted by atomic mass is 35.5. The Morgan fingerprint density at radius 3 is 2.55 bits per heavy atom. The van der Waals surface area contributed by atoms with Crippen molar-refractivity contribution in [3.8, 4) is 0 Å². The molecule has 1 aromatic carbocycles. The van der Waals surface area contributed by atoms with Gasteiger partial charge in [0.05, 0.1) is 12.2 Å². The average Bonchev–Trinajstić information content (AvgIpc) is 2.48. The van der Waals surface area contributed by atoms with Gasteiger partial charge in [0.25, 0.3) is 0 Å². The molecule has 0 radical (unpaired) electrons. The third-order valence-corrected chi connectivity index (χ3v) is 4.55. The average molecular weight is 329 g/mol. The summed E-state index contributed by atoms with van der Waals surface area (Å²) in [6, 6.07) is 6.74. The van der Waals surface area contributed by atoms with E-state index in [0.717, 1.165) is 44.2 Å². The van der Waals surface area contributed by atoms with E-state index in [-0.39, 0.29) is 30.4 Å². The molecule has 0 saturated carbocycles. The minimum Gasteiger partial charge on any atom is -0.368 e. The lowest BCUT2D eigenvalue weighted by atomic mass is 9.96. The summed E-state index contributed by atoms with van der Waals surface area (Å²) in [5, 5.41) is 3.42. The maximum absolute atomic E-state index is 13.1. The summed E-state index contributed by atoms with van der Waals surface area (Å²) in [7, 11) is 0. The molecule has 2 aliphatic heterocycles. The van der Waals surface area contributed by atoms with Crippen molar-refractivity contribution in [1.82, 2.24) is 10.2 Å². The summed E-state index contributed by atoms with van der Waals surface area (Å²) >= 11 is 0. The predicted octanol–water partition coefficient (Wildman–Crippen LogP) is 3.01. The van der Waals surface area contributed by atoms with Gasteiger partial charge >= 0.3 is 0 Å². The molecule has 2 unspecified atom stereocenters. The molecular formula is C17H26ClFN2O. The van der Waals surface area contributed by atoms with Gasteiger partial charge < -0.3 is 10.1 Å². The van der Waals surface area contributed by atoms with Crippen LogP contribution in [-0.2, 0) is 4.74 Å². The topological polar surface area (TPSA) is 24.5 Å². The van der Waals surface area contributed by atoms with Crippen molar-refractivity contribution in [2.75, 3.05) is 32.7 Å². The van der Waals surface area contributed by atoms with E-state index in [1.807, 2.05) is 12.1 Å². The van der Waals surface area contributed by atoms with Gasteiger partial charge in [-0.2, -0.15) is 0 Å². The SMILES string of the molecule is CC1CN(CC2CCNCC2)CC(c2ccc(F)cc2)O1.Cl. The van der Waals surface area contributed by atoms with Crippen molar-refractivity contribution >= 4 is 12.4 Å². The van der Waals surface area contributed by atoms with Gasteiger partial charge in [0.2, 0.25) is 0 Å². The highest BCUT2D eigenvalue weighted by molar-refractivity contribution is 5.85. The van der Waals surface area contributed by atoms with Crippen LogP contribution in [0.25, 0.3) is 0 Å². The molecule has 2 atom stereocenters. The summed E-state index contributed by atoms with van der Waals surface area (Å²) in [5.41, 5.74) is 1.08. The fourth-order valence-corrected chi connectivity index (χ4v) is 3.48. The molecule has 0 aliphatic carbocycles. The molecule has 3 nitrogen and oxygen atoms in total. The Balaban J connectivity index is 0.00000176. The first-order valence-corrected chi connectivity index (χ1v) is 8.04. The van der Waals surface area contributed by atoms with Gasteiger partial charge in [0.15, 0.2) is 0 Å². The number of hydrogen-bond acceptors (Lipinski definition) is 3. The normalized spacial score (nSPS) is 27.4. The van der Waals surface area contributed by atoms with Gasteiger partial charge in [-0.1, -0.05) is 12.1 Å². The van der Waals surface area contributed by atoms with Gasteiger partial charge in [0.1, 0.15) is 5.82 Å². The molecule has 2 heterocycles. The molecular weight excluding hydrogens is 303 g/mol. The summed E-state index contributed by atoms with van der Waals surface area (Å²) in [6.45, 7) is 7.50. The molecule has 2 saturated heterocycles. The molecule has 1 aromatic rings. The first-order valence-electron chi connectivity index (χ1n) is 8.04. The van der Waals surface area contributed by atoms with Crippen LogP contribution in [0.5, 0.6) is 0 Å². The van der Waals surface area contributed by atoms with E-state index < -0.39 is 0 Å². The second-order valence-electron chi connectivity index (χ2n) is 6.40. The Bertz CT molecular complexity index is 450. The number of rotatable bonds is 3. The minimum atomic E-state index is -0.186. The van der Waals surface area contributed by atoms with Crippen LogP contribution in [-0.4, -0.2) is 43.7 Å². The molecule has 124 valence electrons. The zero-order valence-electron chi connectivity index (χ0n) is 13.1. The lowest BCUT2D eigenvalue weighted by Gasteiger charge is -2.39. The van der Waals surface area contributed by atoms with Crippen LogP contribution in [0.2, 0.25) is 0 Å². The largest absolute Gasteiger partial charge is 0.368 e. The Morgan fingerprint density at radius 2 is 1.86 bits per heavy atom. The van der Waals surface area contributed by atoms with Crippen LogP contribution in [0.4, 0.5) is 4.39 Å². The zero-order chi connectivity index (χ0) is 14.7. The van der Waals surface area contributed by atoms with Crippen molar-refractivity contribution < 1.29 is 9.13 Å². The molecule has 0 amide bonds. The molecule has 3 rings (SSSR count). The number of nitrogens with zero attached hydrogens (tertiary/aromatic N) is 1. The van der Waals surface area contributed by atoms with Gasteiger partial charge in [-0.3, -0.25) is 4.90 Å². The van der Waals surface area contributed by atoms with Crippen LogP contribution in [0.1, 0.15) is 31.4 Å². The first kappa shape index (κ1) is 17.7. The Hall–Kier alpha value is -0.680. The molecule has 0 spiro atoms. The molecule has 22 heavy (non-hydrogen) atoms. The number of hydrogen-bond donors (Lipinski definition) is 1. The monoisotopic (exact) mass is 328 g/mol. The smallest absolute Gasteiger partial charge is 0.123 e. The molecule has 5 heteroatoms. The van der Waals surface area contributed by atoms with Crippen molar-refractivity contribution in [2.24, 2.45) is 5.92 Å². The number of morpholine rings is 1. The second kappa shape index (κ2) is 8.25. The van der Waals surface area contributed by atoms with Crippen molar-refractivity contribution in [1.29, 1.82) is 0 Å². The second-order valence-corrected chi connectivity index (χ2v) is 6.40. The maximum atomic E-state index is 13.1. The van der Waals surface area contributed by atoms with Crippen LogP contribution >= 0.6 is 12.4 Å². The van der Waals surface area contributed by atoms with Crippen LogP contribution < -0.4 is 5.32 Å². The van der Waals surface area contributed by atoms with Crippen molar-refractivity contribution in [2.45, 2.75) is 32.0 Å². The molecule has 2 aliphatic rings. The van der Waals surface area contributed by atoms with E-state index in [4.69, 9.17) is 4.74 Å². The quantitative estimate of drug-likeness (QED) is 0.923. The third kappa shape index (κ3) is 4.66. The maximum Gasteiger partial charge on any atom is 0.123 e. The summed E-state index contributed by atoms with van der Waals surface area (Å²) < 4.78 is 19.1. The number of benzene rings is 1. The summed E-state index contributed by atoms with van der Waals surface area (Å²) in [6.07, 6.45) is 2.84. The molecule has 0 bridgehead atoms. The van der Waals surface area contributed by atoms with E-state index >= 15 is 0 Å². The van der Waals surface area contributed by atoms with Crippen LogP contribution in [0.15, 0.2) is 24.3 Å². The van der Waals surface area contributed by atoms with Crippen LogP contribution in [0.3, 0.4) is 0 Å². The van der Waals surface area contributed by atoms with E-state index in [1.165, 1.54) is 25.0 Å². The van der Waals surface area contributed by atoms with Crippen LogP contribution in [0, 0.1) is 11.7 Å². The highest BCUT2D eigenvalue weighted by Crippen LogP contribution is 2.26. The lowest BCUT2D eigenvalue weighted by Crippen LogP contribution is -2.46. The third-order valence-electron chi connectivity index (χ3n) is 4.55. The van der Waals surface area contributed by atoms with Gasteiger partial charge in [0, 0.05) is 19.6 Å². The number of nitrogens with one attached hydrogen (secondary N) is 1. The van der Waals surface area contributed by atoms with E-state index in [9.17, 15) is 4.39 Å². The first-order chi connectivity index (χ1) is 10.2. The zero-order valence-corrected chi connectivity index (χ0v) is 13.9. The Labute approximate surface area is 138 Å². The van der Waals surface area contributed by atoms with E-state index in [0.29, 0.717) is 0 Å². The van der Waals surface area contributed by atoms with Crippen molar-refractivity contribution in [3.05, 3.63) is 35.6 Å². The predicted molar refractivity (Wildman–Crippen MR) is 89.0 cm³/mol.